The molecule has 1 aliphatic carbocycles. The van der Waals surface area contributed by atoms with E-state index in [9.17, 15) is 4.79 Å². The molecular weight excluding hydrogens is 250 g/mol. The minimum absolute atomic E-state index is 0.112. The van der Waals surface area contributed by atoms with Crippen molar-refractivity contribution in [3.05, 3.63) is 59.9 Å². The Labute approximate surface area is 117 Å². The SMILES string of the molecule is O=C1c2ccccc2N[C@H](c2cccnc2)N1C1CC1. The van der Waals surface area contributed by atoms with Gasteiger partial charge in [-0.25, -0.2) is 0 Å². The molecule has 1 amide bonds. The first kappa shape index (κ1) is 11.5. The summed E-state index contributed by atoms with van der Waals surface area (Å²) in [4.78, 5) is 18.9. The third-order valence-electron chi connectivity index (χ3n) is 3.90. The minimum Gasteiger partial charge on any atom is -0.361 e. The highest BCUT2D eigenvalue weighted by atomic mass is 16.2. The van der Waals surface area contributed by atoms with E-state index in [2.05, 4.69) is 10.3 Å². The van der Waals surface area contributed by atoms with Crippen LogP contribution in [0.5, 0.6) is 0 Å². The molecule has 20 heavy (non-hydrogen) atoms. The van der Waals surface area contributed by atoms with Gasteiger partial charge in [0.2, 0.25) is 0 Å². The summed E-state index contributed by atoms with van der Waals surface area (Å²) >= 11 is 0. The number of carbonyl (C=O) groups excluding carboxylic acids is 1. The van der Waals surface area contributed by atoms with E-state index in [0.29, 0.717) is 6.04 Å². The number of benzene rings is 1. The van der Waals surface area contributed by atoms with Crippen molar-refractivity contribution in [2.45, 2.75) is 25.0 Å². The summed E-state index contributed by atoms with van der Waals surface area (Å²) in [5, 5.41) is 3.48. The van der Waals surface area contributed by atoms with E-state index in [1.165, 1.54) is 0 Å². The van der Waals surface area contributed by atoms with Crippen molar-refractivity contribution < 1.29 is 4.79 Å². The fourth-order valence-corrected chi connectivity index (χ4v) is 2.78. The number of pyridine rings is 1. The van der Waals surface area contributed by atoms with E-state index in [0.717, 1.165) is 29.7 Å². The molecule has 2 heterocycles. The Hall–Kier alpha value is -2.36. The number of rotatable bonds is 2. The molecule has 0 spiro atoms. The third-order valence-corrected chi connectivity index (χ3v) is 3.90. The van der Waals surface area contributed by atoms with Gasteiger partial charge in [-0.15, -0.1) is 0 Å². The average molecular weight is 265 g/mol. The van der Waals surface area contributed by atoms with Gasteiger partial charge in [0.25, 0.3) is 5.91 Å². The van der Waals surface area contributed by atoms with Gasteiger partial charge >= 0.3 is 0 Å². The first-order valence-electron chi connectivity index (χ1n) is 6.93. The second kappa shape index (κ2) is 4.34. The lowest BCUT2D eigenvalue weighted by molar-refractivity contribution is 0.0666. The summed E-state index contributed by atoms with van der Waals surface area (Å²) in [5.41, 5.74) is 2.70. The number of aromatic nitrogens is 1. The first-order valence-corrected chi connectivity index (χ1v) is 6.93. The molecule has 4 heteroatoms. The van der Waals surface area contributed by atoms with E-state index >= 15 is 0 Å². The Kier molecular flexibility index (Phi) is 2.49. The van der Waals surface area contributed by atoms with Crippen LogP contribution < -0.4 is 5.32 Å². The van der Waals surface area contributed by atoms with Gasteiger partial charge in [-0.2, -0.15) is 0 Å². The number of anilines is 1. The highest BCUT2D eigenvalue weighted by molar-refractivity contribution is 6.02. The van der Waals surface area contributed by atoms with Crippen LogP contribution >= 0.6 is 0 Å². The van der Waals surface area contributed by atoms with Crippen LogP contribution in [0.3, 0.4) is 0 Å². The number of hydrogen-bond acceptors (Lipinski definition) is 3. The van der Waals surface area contributed by atoms with Crippen molar-refractivity contribution >= 4 is 11.6 Å². The van der Waals surface area contributed by atoms with Crippen molar-refractivity contribution in [1.29, 1.82) is 0 Å². The lowest BCUT2D eigenvalue weighted by atomic mass is 10.0. The Morgan fingerprint density at radius 1 is 1.15 bits per heavy atom. The molecule has 2 aliphatic rings. The average Bonchev–Trinajstić information content (AvgIpc) is 3.33. The molecule has 4 rings (SSSR count). The topological polar surface area (TPSA) is 45.2 Å². The van der Waals surface area contributed by atoms with Gasteiger partial charge in [-0.05, 0) is 31.0 Å². The van der Waals surface area contributed by atoms with Gasteiger partial charge in [0.1, 0.15) is 6.17 Å². The van der Waals surface area contributed by atoms with Gasteiger partial charge in [0.05, 0.1) is 5.56 Å². The van der Waals surface area contributed by atoms with Crippen molar-refractivity contribution in [1.82, 2.24) is 9.88 Å². The van der Waals surface area contributed by atoms with E-state index in [4.69, 9.17) is 0 Å². The molecule has 0 radical (unpaired) electrons. The van der Waals surface area contributed by atoms with Crippen molar-refractivity contribution in [3.8, 4) is 0 Å². The number of hydrogen-bond donors (Lipinski definition) is 1. The van der Waals surface area contributed by atoms with E-state index in [1.54, 1.807) is 6.20 Å². The number of carbonyl (C=O) groups is 1. The highest BCUT2D eigenvalue weighted by Gasteiger charge is 2.41. The monoisotopic (exact) mass is 265 g/mol. The van der Waals surface area contributed by atoms with Gasteiger partial charge in [0, 0.05) is 29.7 Å². The van der Waals surface area contributed by atoms with Crippen LogP contribution in [0, 0.1) is 0 Å². The summed E-state index contributed by atoms with van der Waals surface area (Å²) in [7, 11) is 0. The lowest BCUT2D eigenvalue weighted by Gasteiger charge is -2.38. The van der Waals surface area contributed by atoms with Gasteiger partial charge in [-0.3, -0.25) is 9.78 Å². The van der Waals surface area contributed by atoms with Crippen LogP contribution in [0.15, 0.2) is 48.8 Å². The van der Waals surface area contributed by atoms with E-state index in [-0.39, 0.29) is 12.1 Å². The zero-order valence-corrected chi connectivity index (χ0v) is 11.0. The predicted octanol–water partition coefficient (Wildman–Crippen LogP) is 2.81. The molecule has 4 nitrogen and oxygen atoms in total. The first-order chi connectivity index (χ1) is 9.84. The molecule has 1 fully saturated rings. The van der Waals surface area contributed by atoms with Crippen LogP contribution in [0.4, 0.5) is 5.69 Å². The second-order valence-electron chi connectivity index (χ2n) is 5.32. The molecule has 1 N–H and O–H groups in total. The molecular formula is C16H15N3O. The molecule has 1 atom stereocenters. The molecule has 0 unspecified atom stereocenters. The molecule has 0 bridgehead atoms. The Balaban J connectivity index is 1.80. The smallest absolute Gasteiger partial charge is 0.258 e. The largest absolute Gasteiger partial charge is 0.361 e. The van der Waals surface area contributed by atoms with Gasteiger partial charge in [-0.1, -0.05) is 18.2 Å². The van der Waals surface area contributed by atoms with Crippen molar-refractivity contribution in [3.63, 3.8) is 0 Å². The Bertz CT molecular complexity index is 652. The summed E-state index contributed by atoms with van der Waals surface area (Å²) in [6, 6.07) is 12.0. The van der Waals surface area contributed by atoms with E-state index < -0.39 is 0 Å². The molecule has 100 valence electrons. The fraction of sp³-hybridized carbons (Fsp3) is 0.250. The third kappa shape index (κ3) is 1.76. The molecule has 2 aromatic rings. The Morgan fingerprint density at radius 3 is 2.75 bits per heavy atom. The number of para-hydroxylation sites is 1. The maximum Gasteiger partial charge on any atom is 0.258 e. The summed E-state index contributed by atoms with van der Waals surface area (Å²) in [6.07, 6.45) is 5.65. The van der Waals surface area contributed by atoms with Gasteiger partial charge < -0.3 is 10.2 Å². The Morgan fingerprint density at radius 2 is 2.00 bits per heavy atom. The predicted molar refractivity (Wildman–Crippen MR) is 76.2 cm³/mol. The van der Waals surface area contributed by atoms with Crippen LogP contribution in [-0.4, -0.2) is 21.8 Å². The molecule has 1 aromatic heterocycles. The molecule has 0 saturated heterocycles. The standard InChI is InChI=1S/C16H15N3O/c20-16-13-5-1-2-6-14(13)18-15(19(16)12-7-8-12)11-4-3-9-17-10-11/h1-6,9-10,12,15,18H,7-8H2/t15-/m0/s1. The molecule has 1 saturated carbocycles. The lowest BCUT2D eigenvalue weighted by Crippen LogP contribution is -2.44. The quantitative estimate of drug-likeness (QED) is 0.908. The zero-order valence-electron chi connectivity index (χ0n) is 11.0. The van der Waals surface area contributed by atoms with Crippen molar-refractivity contribution in [2.75, 3.05) is 5.32 Å². The maximum atomic E-state index is 12.7. The van der Waals surface area contributed by atoms with Crippen LogP contribution in [-0.2, 0) is 0 Å². The highest BCUT2D eigenvalue weighted by Crippen LogP contribution is 2.40. The number of fused-ring (bicyclic) bond motifs is 1. The van der Waals surface area contributed by atoms with Crippen LogP contribution in [0.25, 0.3) is 0 Å². The van der Waals surface area contributed by atoms with Crippen molar-refractivity contribution in [2.24, 2.45) is 0 Å². The zero-order chi connectivity index (χ0) is 13.5. The summed E-state index contributed by atoms with van der Waals surface area (Å²) in [6.45, 7) is 0. The number of amides is 1. The van der Waals surface area contributed by atoms with E-state index in [1.807, 2.05) is 47.5 Å². The molecule has 1 aliphatic heterocycles. The summed E-state index contributed by atoms with van der Waals surface area (Å²) in [5.74, 6) is 0.121. The molecule has 1 aromatic carbocycles. The van der Waals surface area contributed by atoms with Crippen LogP contribution in [0.1, 0.15) is 34.9 Å². The van der Waals surface area contributed by atoms with Gasteiger partial charge in [0.15, 0.2) is 0 Å². The second-order valence-corrected chi connectivity index (χ2v) is 5.32. The normalized spacial score (nSPS) is 21.3. The minimum atomic E-state index is -0.112. The number of nitrogens with zero attached hydrogens (tertiary/aromatic N) is 2. The maximum absolute atomic E-state index is 12.7. The van der Waals surface area contributed by atoms with Crippen LogP contribution in [0.2, 0.25) is 0 Å². The number of nitrogens with one attached hydrogen (secondary N) is 1. The fourth-order valence-electron chi connectivity index (χ4n) is 2.78. The summed E-state index contributed by atoms with van der Waals surface area (Å²) < 4.78 is 0.